The van der Waals surface area contributed by atoms with Gasteiger partial charge in [-0.3, -0.25) is 9.69 Å². The van der Waals surface area contributed by atoms with Crippen molar-refractivity contribution in [3.05, 3.63) is 76.6 Å². The lowest BCUT2D eigenvalue weighted by Gasteiger charge is -2.17. The van der Waals surface area contributed by atoms with E-state index in [0.717, 1.165) is 34.9 Å². The van der Waals surface area contributed by atoms with E-state index in [1.54, 1.807) is 7.11 Å². The summed E-state index contributed by atoms with van der Waals surface area (Å²) in [6, 6.07) is 16.3. The molecule has 0 aliphatic carbocycles. The largest absolute Gasteiger partial charge is 0.497 e. The Morgan fingerprint density at radius 2 is 1.82 bits per heavy atom. The third-order valence-corrected chi connectivity index (χ3v) is 6.53. The highest BCUT2D eigenvalue weighted by Crippen LogP contribution is 2.22. The predicted molar refractivity (Wildman–Crippen MR) is 131 cm³/mol. The molecule has 1 fully saturated rings. The van der Waals surface area contributed by atoms with E-state index in [1.807, 2.05) is 35.9 Å². The number of hydrogen-bond acceptors (Lipinski definition) is 4. The Labute approximate surface area is 196 Å². The van der Waals surface area contributed by atoms with Crippen LogP contribution in [-0.4, -0.2) is 40.8 Å². The predicted octanol–water partition coefficient (Wildman–Crippen LogP) is 4.34. The van der Waals surface area contributed by atoms with Gasteiger partial charge in [-0.2, -0.15) is 5.10 Å². The third kappa shape index (κ3) is 5.63. The van der Waals surface area contributed by atoms with Crippen molar-refractivity contribution in [3.63, 3.8) is 0 Å². The quantitative estimate of drug-likeness (QED) is 0.531. The van der Waals surface area contributed by atoms with Gasteiger partial charge in [-0.25, -0.2) is 4.68 Å². The van der Waals surface area contributed by atoms with E-state index in [-0.39, 0.29) is 5.91 Å². The Balaban J connectivity index is 1.36. The molecule has 0 atom stereocenters. The van der Waals surface area contributed by atoms with Gasteiger partial charge in [-0.15, -0.1) is 0 Å². The number of carbonyl (C=O) groups is 1. The number of hydrogen-bond donors (Lipinski definition) is 1. The van der Waals surface area contributed by atoms with Gasteiger partial charge in [0.2, 0.25) is 5.91 Å². The molecule has 0 saturated carbocycles. The van der Waals surface area contributed by atoms with Crippen LogP contribution in [0.4, 0.5) is 0 Å². The number of nitrogens with one attached hydrogen (secondary N) is 1. The van der Waals surface area contributed by atoms with Crippen LogP contribution in [0.1, 0.15) is 47.3 Å². The van der Waals surface area contributed by atoms with Crippen LogP contribution < -0.4 is 10.1 Å². The van der Waals surface area contributed by atoms with E-state index in [2.05, 4.69) is 41.4 Å². The fraction of sp³-hybridized carbons (Fsp3) is 0.407. The maximum Gasteiger partial charge on any atom is 0.220 e. The van der Waals surface area contributed by atoms with Crippen LogP contribution in [0, 0.1) is 13.8 Å². The average Bonchev–Trinajstić information content (AvgIpc) is 3.44. The monoisotopic (exact) mass is 446 g/mol. The van der Waals surface area contributed by atoms with Crippen molar-refractivity contribution in [2.24, 2.45) is 0 Å². The second-order valence-corrected chi connectivity index (χ2v) is 8.79. The van der Waals surface area contributed by atoms with Gasteiger partial charge in [0.1, 0.15) is 5.75 Å². The highest BCUT2D eigenvalue weighted by atomic mass is 16.5. The first-order valence-electron chi connectivity index (χ1n) is 11.8. The summed E-state index contributed by atoms with van der Waals surface area (Å²) in [5.74, 6) is 0.866. The molecule has 174 valence electrons. The molecule has 2 heterocycles. The molecule has 4 rings (SSSR count). The lowest BCUT2D eigenvalue weighted by atomic mass is 10.1. The van der Waals surface area contributed by atoms with E-state index in [9.17, 15) is 4.79 Å². The Hall–Kier alpha value is -3.12. The molecule has 1 amide bonds. The highest BCUT2D eigenvalue weighted by Gasteiger charge is 2.16. The van der Waals surface area contributed by atoms with E-state index in [4.69, 9.17) is 9.84 Å². The van der Waals surface area contributed by atoms with Gasteiger partial charge >= 0.3 is 0 Å². The molecular formula is C27H34N4O2. The SMILES string of the molecule is COc1cccc(-n2nc(C)c(CCC(=O)NCc3ccccc3CN3CCCC3)c2C)c1. The van der Waals surface area contributed by atoms with Gasteiger partial charge in [-0.1, -0.05) is 30.3 Å². The molecule has 6 nitrogen and oxygen atoms in total. The summed E-state index contributed by atoms with van der Waals surface area (Å²) in [5.41, 5.74) is 6.62. The second-order valence-electron chi connectivity index (χ2n) is 8.79. The molecule has 0 radical (unpaired) electrons. The molecule has 3 aromatic rings. The van der Waals surface area contributed by atoms with Crippen LogP contribution >= 0.6 is 0 Å². The molecule has 2 aromatic carbocycles. The first kappa shape index (κ1) is 23.1. The fourth-order valence-electron chi connectivity index (χ4n) is 4.62. The van der Waals surface area contributed by atoms with E-state index in [0.29, 0.717) is 19.4 Å². The number of benzene rings is 2. The molecule has 1 N–H and O–H groups in total. The minimum atomic E-state index is 0.0684. The molecule has 1 aromatic heterocycles. The maximum absolute atomic E-state index is 12.7. The smallest absolute Gasteiger partial charge is 0.220 e. The number of aromatic nitrogens is 2. The molecule has 1 saturated heterocycles. The minimum absolute atomic E-state index is 0.0684. The summed E-state index contributed by atoms with van der Waals surface area (Å²) < 4.78 is 7.27. The number of methoxy groups -OCH3 is 1. The average molecular weight is 447 g/mol. The Bertz CT molecular complexity index is 1100. The molecule has 1 aliphatic rings. The van der Waals surface area contributed by atoms with E-state index < -0.39 is 0 Å². The van der Waals surface area contributed by atoms with Crippen molar-refractivity contribution in [1.82, 2.24) is 20.0 Å². The molecular weight excluding hydrogens is 412 g/mol. The number of ether oxygens (including phenoxy) is 1. The van der Waals surface area contributed by atoms with Gasteiger partial charge in [0.25, 0.3) is 0 Å². The van der Waals surface area contributed by atoms with Crippen molar-refractivity contribution in [2.75, 3.05) is 20.2 Å². The van der Waals surface area contributed by atoms with Gasteiger partial charge in [0.05, 0.1) is 18.5 Å². The van der Waals surface area contributed by atoms with Crippen molar-refractivity contribution in [1.29, 1.82) is 0 Å². The first-order valence-corrected chi connectivity index (χ1v) is 11.8. The number of nitrogens with zero attached hydrogens (tertiary/aromatic N) is 3. The summed E-state index contributed by atoms with van der Waals surface area (Å²) in [4.78, 5) is 15.2. The van der Waals surface area contributed by atoms with E-state index >= 15 is 0 Å². The summed E-state index contributed by atoms with van der Waals surface area (Å²) in [7, 11) is 1.66. The van der Waals surface area contributed by atoms with Gasteiger partial charge < -0.3 is 10.1 Å². The zero-order valence-electron chi connectivity index (χ0n) is 19.9. The standard InChI is InChI=1S/C27H34N4O2/c1-20-26(21(2)31(29-20)24-11-8-12-25(17-24)33-3)13-14-27(32)28-18-22-9-4-5-10-23(22)19-30-15-6-7-16-30/h4-5,8-12,17H,6-7,13-16,18-19H2,1-3H3,(H,28,32). The maximum atomic E-state index is 12.7. The molecule has 33 heavy (non-hydrogen) atoms. The second kappa shape index (κ2) is 10.7. The third-order valence-electron chi connectivity index (χ3n) is 6.53. The first-order chi connectivity index (χ1) is 16.0. The van der Waals surface area contributed by atoms with Crippen molar-refractivity contribution < 1.29 is 9.53 Å². The number of rotatable bonds is 9. The van der Waals surface area contributed by atoms with Crippen LogP contribution in [0.15, 0.2) is 48.5 Å². The Morgan fingerprint density at radius 1 is 1.06 bits per heavy atom. The topological polar surface area (TPSA) is 59.4 Å². The normalized spacial score (nSPS) is 13.9. The van der Waals surface area contributed by atoms with E-state index in [1.165, 1.54) is 37.1 Å². The molecule has 0 unspecified atom stereocenters. The number of carbonyl (C=O) groups excluding carboxylic acids is 1. The van der Waals surface area contributed by atoms with Gasteiger partial charge in [0, 0.05) is 31.3 Å². The van der Waals surface area contributed by atoms with Crippen LogP contribution in [0.2, 0.25) is 0 Å². The molecule has 6 heteroatoms. The summed E-state index contributed by atoms with van der Waals surface area (Å²) in [6.45, 7) is 7.94. The lowest BCUT2D eigenvalue weighted by Crippen LogP contribution is -2.25. The number of amides is 1. The Kier molecular flexibility index (Phi) is 7.45. The van der Waals surface area contributed by atoms with Crippen LogP contribution in [0.25, 0.3) is 5.69 Å². The number of aryl methyl sites for hydroxylation is 1. The molecule has 1 aliphatic heterocycles. The Morgan fingerprint density at radius 3 is 2.58 bits per heavy atom. The molecule has 0 bridgehead atoms. The zero-order valence-corrected chi connectivity index (χ0v) is 19.9. The van der Waals surface area contributed by atoms with Crippen molar-refractivity contribution >= 4 is 5.91 Å². The zero-order chi connectivity index (χ0) is 23.2. The fourth-order valence-corrected chi connectivity index (χ4v) is 4.62. The summed E-state index contributed by atoms with van der Waals surface area (Å²) in [6.07, 6.45) is 3.68. The van der Waals surface area contributed by atoms with Crippen LogP contribution in [0.5, 0.6) is 5.75 Å². The summed E-state index contributed by atoms with van der Waals surface area (Å²) >= 11 is 0. The lowest BCUT2D eigenvalue weighted by molar-refractivity contribution is -0.121. The minimum Gasteiger partial charge on any atom is -0.497 e. The van der Waals surface area contributed by atoms with Crippen LogP contribution in [-0.2, 0) is 24.3 Å². The van der Waals surface area contributed by atoms with Crippen LogP contribution in [0.3, 0.4) is 0 Å². The molecule has 0 spiro atoms. The highest BCUT2D eigenvalue weighted by molar-refractivity contribution is 5.76. The number of likely N-dealkylation sites (tertiary alicyclic amines) is 1. The van der Waals surface area contributed by atoms with Crippen molar-refractivity contribution in [3.8, 4) is 11.4 Å². The van der Waals surface area contributed by atoms with Gasteiger partial charge in [0.15, 0.2) is 0 Å². The van der Waals surface area contributed by atoms with Crippen molar-refractivity contribution in [2.45, 2.75) is 52.6 Å². The van der Waals surface area contributed by atoms with Gasteiger partial charge in [-0.05, 0) is 75.0 Å². The summed E-state index contributed by atoms with van der Waals surface area (Å²) in [5, 5.41) is 7.84.